The summed E-state index contributed by atoms with van der Waals surface area (Å²) in [5.74, 6) is 5.82. The van der Waals surface area contributed by atoms with Crippen LogP contribution in [-0.4, -0.2) is 25.0 Å². The molecule has 0 atom stereocenters. The largest absolute Gasteiger partial charge is 0.355 e. The van der Waals surface area contributed by atoms with E-state index < -0.39 is 0 Å². The minimum absolute atomic E-state index is 0.121. The van der Waals surface area contributed by atoms with Gasteiger partial charge in [-0.3, -0.25) is 4.79 Å². The normalized spacial score (nSPS) is 14.4. The smallest absolute Gasteiger partial charge is 0.221 e. The lowest BCUT2D eigenvalue weighted by Crippen LogP contribution is -2.28. The maximum absolute atomic E-state index is 11.2. The van der Waals surface area contributed by atoms with Gasteiger partial charge in [0.25, 0.3) is 0 Å². The van der Waals surface area contributed by atoms with E-state index in [1.54, 1.807) is 6.92 Å². The molecule has 1 fully saturated rings. The molecule has 1 aliphatic rings. The van der Waals surface area contributed by atoms with Crippen molar-refractivity contribution in [1.82, 2.24) is 10.6 Å². The molecule has 0 aliphatic heterocycles. The third kappa shape index (κ3) is 5.60. The molecule has 0 aromatic rings. The highest BCUT2D eigenvalue weighted by Crippen LogP contribution is 2.18. The molecule has 0 unspecified atom stereocenters. The Bertz CT molecular complexity index is 235. The number of carbonyl (C=O) groups is 1. The van der Waals surface area contributed by atoms with Crippen molar-refractivity contribution in [2.24, 2.45) is 0 Å². The van der Waals surface area contributed by atoms with Gasteiger partial charge in [0.2, 0.25) is 5.91 Å². The SMILES string of the molecule is CC#CCCNC(=O)CCNC1CC1. The summed E-state index contributed by atoms with van der Waals surface area (Å²) in [6.07, 6.45) is 3.87. The molecule has 1 rings (SSSR count). The van der Waals surface area contributed by atoms with Gasteiger partial charge >= 0.3 is 0 Å². The quantitative estimate of drug-likeness (QED) is 0.482. The molecule has 1 amide bonds. The van der Waals surface area contributed by atoms with Gasteiger partial charge in [0.15, 0.2) is 0 Å². The maximum atomic E-state index is 11.2. The molecule has 14 heavy (non-hydrogen) atoms. The first-order valence-electron chi connectivity index (χ1n) is 5.22. The van der Waals surface area contributed by atoms with Gasteiger partial charge < -0.3 is 10.6 Å². The van der Waals surface area contributed by atoms with E-state index in [1.165, 1.54) is 12.8 Å². The Morgan fingerprint density at radius 2 is 2.21 bits per heavy atom. The topological polar surface area (TPSA) is 41.1 Å². The van der Waals surface area contributed by atoms with Gasteiger partial charge in [-0.25, -0.2) is 0 Å². The molecule has 0 saturated heterocycles. The molecule has 0 aromatic carbocycles. The van der Waals surface area contributed by atoms with Gasteiger partial charge in [-0.1, -0.05) is 0 Å². The summed E-state index contributed by atoms with van der Waals surface area (Å²) in [6.45, 7) is 3.28. The standard InChI is InChI=1S/C11H18N2O/c1-2-3-4-8-13-11(14)7-9-12-10-5-6-10/h10,12H,4-9H2,1H3,(H,13,14). The third-order valence-electron chi connectivity index (χ3n) is 2.11. The summed E-state index contributed by atoms with van der Waals surface area (Å²) in [4.78, 5) is 11.2. The van der Waals surface area contributed by atoms with Gasteiger partial charge in [0.05, 0.1) is 0 Å². The predicted octanol–water partition coefficient (Wildman–Crippen LogP) is 0.658. The second-order valence-electron chi connectivity index (χ2n) is 3.51. The van der Waals surface area contributed by atoms with E-state index in [9.17, 15) is 4.79 Å². The van der Waals surface area contributed by atoms with Gasteiger partial charge in [-0.15, -0.1) is 11.8 Å². The minimum atomic E-state index is 0.121. The fourth-order valence-electron chi connectivity index (χ4n) is 1.16. The lowest BCUT2D eigenvalue weighted by Gasteiger charge is -2.03. The Labute approximate surface area is 85.6 Å². The van der Waals surface area contributed by atoms with E-state index in [0.29, 0.717) is 19.0 Å². The first-order valence-corrected chi connectivity index (χ1v) is 5.22. The van der Waals surface area contributed by atoms with Crippen molar-refractivity contribution in [1.29, 1.82) is 0 Å². The van der Waals surface area contributed by atoms with Crippen molar-refractivity contribution >= 4 is 5.91 Å². The van der Waals surface area contributed by atoms with E-state index in [4.69, 9.17) is 0 Å². The number of carbonyl (C=O) groups excluding carboxylic acids is 1. The van der Waals surface area contributed by atoms with Crippen LogP contribution in [0, 0.1) is 11.8 Å². The second kappa shape index (κ2) is 6.44. The van der Waals surface area contributed by atoms with Crippen LogP contribution in [0.3, 0.4) is 0 Å². The lowest BCUT2D eigenvalue weighted by molar-refractivity contribution is -0.120. The number of rotatable bonds is 6. The zero-order chi connectivity index (χ0) is 10.2. The highest BCUT2D eigenvalue weighted by atomic mass is 16.1. The number of hydrogen-bond donors (Lipinski definition) is 2. The molecule has 0 aromatic heterocycles. The third-order valence-corrected chi connectivity index (χ3v) is 2.11. The van der Waals surface area contributed by atoms with Gasteiger partial charge in [-0.2, -0.15) is 0 Å². The van der Waals surface area contributed by atoms with Crippen molar-refractivity contribution in [3.8, 4) is 11.8 Å². The van der Waals surface area contributed by atoms with Crippen molar-refractivity contribution in [3.05, 3.63) is 0 Å². The van der Waals surface area contributed by atoms with Crippen LogP contribution in [0.2, 0.25) is 0 Å². The molecule has 78 valence electrons. The summed E-state index contributed by atoms with van der Waals surface area (Å²) in [7, 11) is 0. The zero-order valence-electron chi connectivity index (χ0n) is 8.73. The van der Waals surface area contributed by atoms with Crippen LogP contribution in [0.5, 0.6) is 0 Å². The first-order chi connectivity index (χ1) is 6.83. The monoisotopic (exact) mass is 194 g/mol. The molecule has 0 spiro atoms. The van der Waals surface area contributed by atoms with E-state index in [2.05, 4.69) is 22.5 Å². The fourth-order valence-corrected chi connectivity index (χ4v) is 1.16. The van der Waals surface area contributed by atoms with Crippen LogP contribution in [-0.2, 0) is 4.79 Å². The minimum Gasteiger partial charge on any atom is -0.355 e. The first kappa shape index (κ1) is 11.1. The number of hydrogen-bond acceptors (Lipinski definition) is 2. The Hall–Kier alpha value is -1.01. The fraction of sp³-hybridized carbons (Fsp3) is 0.727. The van der Waals surface area contributed by atoms with Crippen molar-refractivity contribution in [2.75, 3.05) is 13.1 Å². The van der Waals surface area contributed by atoms with Gasteiger partial charge in [0, 0.05) is 32.0 Å². The Kier molecular flexibility index (Phi) is 5.09. The molecule has 3 nitrogen and oxygen atoms in total. The van der Waals surface area contributed by atoms with Gasteiger partial charge in [-0.05, 0) is 19.8 Å². The predicted molar refractivity (Wildman–Crippen MR) is 56.7 cm³/mol. The average Bonchev–Trinajstić information content (AvgIpc) is 2.96. The average molecular weight is 194 g/mol. The van der Waals surface area contributed by atoms with Crippen molar-refractivity contribution < 1.29 is 4.79 Å². The highest BCUT2D eigenvalue weighted by Gasteiger charge is 2.19. The summed E-state index contributed by atoms with van der Waals surface area (Å²) < 4.78 is 0. The zero-order valence-corrected chi connectivity index (χ0v) is 8.73. The molecule has 1 saturated carbocycles. The second-order valence-corrected chi connectivity index (χ2v) is 3.51. The summed E-state index contributed by atoms with van der Waals surface area (Å²) in [6, 6.07) is 0.689. The Morgan fingerprint density at radius 3 is 2.86 bits per heavy atom. The highest BCUT2D eigenvalue weighted by molar-refractivity contribution is 5.76. The van der Waals surface area contributed by atoms with E-state index >= 15 is 0 Å². The van der Waals surface area contributed by atoms with Crippen molar-refractivity contribution in [3.63, 3.8) is 0 Å². The number of amides is 1. The Balaban J connectivity index is 1.88. The lowest BCUT2D eigenvalue weighted by atomic mass is 10.3. The van der Waals surface area contributed by atoms with Crippen LogP contribution in [0.15, 0.2) is 0 Å². The molecule has 1 aliphatic carbocycles. The van der Waals surface area contributed by atoms with E-state index in [1.807, 2.05) is 0 Å². The summed E-state index contributed by atoms with van der Waals surface area (Å²) >= 11 is 0. The molecular weight excluding hydrogens is 176 g/mol. The number of nitrogens with one attached hydrogen (secondary N) is 2. The van der Waals surface area contributed by atoms with Crippen LogP contribution in [0.1, 0.15) is 32.6 Å². The Morgan fingerprint density at radius 1 is 1.43 bits per heavy atom. The molecule has 0 heterocycles. The molecule has 0 bridgehead atoms. The van der Waals surface area contributed by atoms with Gasteiger partial charge in [0.1, 0.15) is 0 Å². The molecule has 0 radical (unpaired) electrons. The molecular formula is C11H18N2O. The van der Waals surface area contributed by atoms with Crippen LogP contribution >= 0.6 is 0 Å². The van der Waals surface area contributed by atoms with E-state index in [0.717, 1.165) is 13.0 Å². The van der Waals surface area contributed by atoms with Crippen LogP contribution in [0.4, 0.5) is 0 Å². The van der Waals surface area contributed by atoms with Crippen LogP contribution < -0.4 is 10.6 Å². The van der Waals surface area contributed by atoms with Crippen LogP contribution in [0.25, 0.3) is 0 Å². The van der Waals surface area contributed by atoms with E-state index in [-0.39, 0.29) is 5.91 Å². The maximum Gasteiger partial charge on any atom is 0.221 e. The molecule has 2 N–H and O–H groups in total. The summed E-state index contributed by atoms with van der Waals surface area (Å²) in [5.41, 5.74) is 0. The molecule has 3 heteroatoms. The van der Waals surface area contributed by atoms with Crippen molar-refractivity contribution in [2.45, 2.75) is 38.6 Å². The summed E-state index contributed by atoms with van der Waals surface area (Å²) in [5, 5.41) is 6.13.